The molecular weight excluding hydrogens is 398 g/mol. The molecule has 0 saturated heterocycles. The number of hydrogen-bond donors (Lipinski definition) is 2. The lowest BCUT2D eigenvalue weighted by atomic mass is 10.1. The minimum atomic E-state index is -0.585. The van der Waals surface area contributed by atoms with Crippen LogP contribution in [0.15, 0.2) is 72.8 Å². The predicted molar refractivity (Wildman–Crippen MR) is 120 cm³/mol. The van der Waals surface area contributed by atoms with Crippen LogP contribution in [0.4, 0.5) is 14.9 Å². The summed E-state index contributed by atoms with van der Waals surface area (Å²) in [6, 6.07) is 22.9. The fourth-order valence-corrected chi connectivity index (χ4v) is 3.88. The summed E-state index contributed by atoms with van der Waals surface area (Å²) in [5.74, 6) is -0.246. The molecule has 2 N–H and O–H groups in total. The Labute approximate surface area is 177 Å². The summed E-state index contributed by atoms with van der Waals surface area (Å²) in [6.45, 7) is 1.99. The number of amides is 2. The molecule has 4 rings (SSSR count). The first-order valence-electron chi connectivity index (χ1n) is 9.44. The normalized spacial score (nSPS) is 10.6. The van der Waals surface area contributed by atoms with Crippen molar-refractivity contribution in [3.05, 3.63) is 78.4 Å². The molecule has 0 atom stereocenters. The molecule has 4 aromatic rings. The van der Waals surface area contributed by atoms with Crippen LogP contribution in [0, 0.1) is 0 Å². The Morgan fingerprint density at radius 1 is 0.933 bits per heavy atom. The molecule has 0 aliphatic carbocycles. The molecule has 0 saturated carbocycles. The van der Waals surface area contributed by atoms with Crippen molar-refractivity contribution in [3.63, 3.8) is 0 Å². The maximum atomic E-state index is 12.9. The molecule has 0 aliphatic heterocycles. The van der Waals surface area contributed by atoms with Crippen molar-refractivity contribution in [3.8, 4) is 11.3 Å². The van der Waals surface area contributed by atoms with Crippen LogP contribution in [0.1, 0.15) is 17.3 Å². The van der Waals surface area contributed by atoms with E-state index in [1.165, 1.54) is 11.3 Å². The van der Waals surface area contributed by atoms with Gasteiger partial charge in [-0.1, -0.05) is 72.0 Å². The van der Waals surface area contributed by atoms with Gasteiger partial charge in [0.25, 0.3) is 5.91 Å². The van der Waals surface area contributed by atoms with Crippen LogP contribution in [0.5, 0.6) is 0 Å². The van der Waals surface area contributed by atoms with E-state index in [4.69, 9.17) is 4.74 Å². The third-order valence-electron chi connectivity index (χ3n) is 4.40. The second kappa shape index (κ2) is 8.75. The number of carbonyl (C=O) groups is 2. The number of aromatic nitrogens is 1. The molecule has 7 heteroatoms. The van der Waals surface area contributed by atoms with Gasteiger partial charge in [-0.05, 0) is 29.8 Å². The number of rotatable bonds is 5. The van der Waals surface area contributed by atoms with Crippen LogP contribution in [-0.4, -0.2) is 23.6 Å². The minimum Gasteiger partial charge on any atom is -0.450 e. The first-order valence-corrected chi connectivity index (χ1v) is 10.3. The summed E-state index contributed by atoms with van der Waals surface area (Å²) in [5, 5.41) is 8.50. The van der Waals surface area contributed by atoms with Crippen molar-refractivity contribution in [1.82, 2.24) is 4.98 Å². The molecular formula is C23H19N3O3S. The van der Waals surface area contributed by atoms with Gasteiger partial charge in [0, 0.05) is 11.1 Å². The van der Waals surface area contributed by atoms with Gasteiger partial charge in [0.15, 0.2) is 5.13 Å². The second-order valence-corrected chi connectivity index (χ2v) is 7.42. The van der Waals surface area contributed by atoms with Crippen molar-refractivity contribution < 1.29 is 14.3 Å². The zero-order valence-corrected chi connectivity index (χ0v) is 17.0. The monoisotopic (exact) mass is 417 g/mol. The molecule has 2 amide bonds. The Bertz CT molecular complexity index is 1200. The molecule has 0 aliphatic rings. The van der Waals surface area contributed by atoms with E-state index in [2.05, 4.69) is 15.6 Å². The van der Waals surface area contributed by atoms with Crippen LogP contribution >= 0.6 is 11.3 Å². The number of carbonyl (C=O) groups excluding carboxylic acids is 2. The SMILES string of the molecule is CCOC(=O)Nc1nc(-c2ccccc2)c(NC(=O)c2ccc3ccccc3c2)s1. The summed E-state index contributed by atoms with van der Waals surface area (Å²) < 4.78 is 4.92. The average Bonchev–Trinajstić information content (AvgIpc) is 3.16. The van der Waals surface area contributed by atoms with Gasteiger partial charge in [-0.3, -0.25) is 10.1 Å². The van der Waals surface area contributed by atoms with Crippen molar-refractivity contribution in [2.75, 3.05) is 17.2 Å². The highest BCUT2D eigenvalue weighted by atomic mass is 32.1. The van der Waals surface area contributed by atoms with Crippen molar-refractivity contribution in [2.24, 2.45) is 0 Å². The molecule has 3 aromatic carbocycles. The molecule has 6 nitrogen and oxygen atoms in total. The highest BCUT2D eigenvalue weighted by molar-refractivity contribution is 7.20. The third kappa shape index (κ3) is 4.31. The number of hydrogen-bond acceptors (Lipinski definition) is 5. The van der Waals surface area contributed by atoms with Gasteiger partial charge in [-0.25, -0.2) is 9.78 Å². The lowest BCUT2D eigenvalue weighted by Crippen LogP contribution is -2.12. The lowest BCUT2D eigenvalue weighted by molar-refractivity contribution is 0.102. The van der Waals surface area contributed by atoms with Gasteiger partial charge in [0.1, 0.15) is 10.7 Å². The lowest BCUT2D eigenvalue weighted by Gasteiger charge is -2.06. The van der Waals surface area contributed by atoms with E-state index in [9.17, 15) is 9.59 Å². The summed E-state index contributed by atoms with van der Waals surface area (Å²) in [4.78, 5) is 29.2. The number of ether oxygens (including phenoxy) is 1. The van der Waals surface area contributed by atoms with Crippen LogP contribution in [-0.2, 0) is 4.74 Å². The van der Waals surface area contributed by atoms with E-state index >= 15 is 0 Å². The van der Waals surface area contributed by atoms with Gasteiger partial charge >= 0.3 is 6.09 Å². The fraction of sp³-hybridized carbons (Fsp3) is 0.0870. The Morgan fingerprint density at radius 3 is 2.43 bits per heavy atom. The van der Waals surface area contributed by atoms with Crippen LogP contribution < -0.4 is 10.6 Å². The number of fused-ring (bicyclic) bond motifs is 1. The van der Waals surface area contributed by atoms with Gasteiger partial charge in [0.2, 0.25) is 0 Å². The van der Waals surface area contributed by atoms with Gasteiger partial charge in [0.05, 0.1) is 6.61 Å². The standard InChI is InChI=1S/C23H19N3O3S/c1-2-29-23(28)26-22-24-19(16-9-4-3-5-10-16)21(30-22)25-20(27)18-13-12-15-8-6-7-11-17(15)14-18/h3-14H,2H2,1H3,(H,25,27)(H,24,26,28). The molecule has 0 spiro atoms. The van der Waals surface area contributed by atoms with Crippen molar-refractivity contribution in [2.45, 2.75) is 6.92 Å². The first-order chi connectivity index (χ1) is 14.6. The summed E-state index contributed by atoms with van der Waals surface area (Å²) >= 11 is 1.18. The molecule has 0 fully saturated rings. The Balaban J connectivity index is 1.64. The predicted octanol–water partition coefficient (Wildman–Crippen LogP) is 5.78. The maximum Gasteiger partial charge on any atom is 0.413 e. The topological polar surface area (TPSA) is 80.3 Å². The molecule has 0 unspecified atom stereocenters. The zero-order valence-electron chi connectivity index (χ0n) is 16.2. The largest absolute Gasteiger partial charge is 0.450 e. The Morgan fingerprint density at radius 2 is 1.67 bits per heavy atom. The summed E-state index contributed by atoms with van der Waals surface area (Å²) in [6.07, 6.45) is -0.585. The number of anilines is 2. The Kier molecular flexibility index (Phi) is 5.72. The molecule has 1 aromatic heterocycles. The fourth-order valence-electron chi connectivity index (χ4n) is 3.01. The van der Waals surface area contributed by atoms with Gasteiger partial charge in [-0.15, -0.1) is 0 Å². The molecule has 1 heterocycles. The highest BCUT2D eigenvalue weighted by Gasteiger charge is 2.18. The van der Waals surface area contributed by atoms with Crippen LogP contribution in [0.3, 0.4) is 0 Å². The average molecular weight is 417 g/mol. The van der Waals surface area contributed by atoms with E-state index in [-0.39, 0.29) is 12.5 Å². The second-order valence-electron chi connectivity index (χ2n) is 6.42. The van der Waals surface area contributed by atoms with E-state index in [1.54, 1.807) is 13.0 Å². The highest BCUT2D eigenvalue weighted by Crippen LogP contribution is 2.36. The van der Waals surface area contributed by atoms with Gasteiger partial charge < -0.3 is 10.1 Å². The van der Waals surface area contributed by atoms with E-state index < -0.39 is 6.09 Å². The third-order valence-corrected chi connectivity index (χ3v) is 5.28. The maximum absolute atomic E-state index is 12.9. The summed E-state index contributed by atoms with van der Waals surface area (Å²) in [5.41, 5.74) is 1.96. The number of nitrogens with one attached hydrogen (secondary N) is 2. The summed E-state index contributed by atoms with van der Waals surface area (Å²) in [7, 11) is 0. The molecule has 150 valence electrons. The minimum absolute atomic E-state index is 0.246. The number of thiazole rings is 1. The van der Waals surface area contributed by atoms with Crippen LogP contribution in [0.25, 0.3) is 22.0 Å². The number of benzene rings is 3. The van der Waals surface area contributed by atoms with E-state index in [0.29, 0.717) is 21.4 Å². The number of nitrogens with zero attached hydrogens (tertiary/aromatic N) is 1. The van der Waals surface area contributed by atoms with E-state index in [1.807, 2.05) is 66.7 Å². The van der Waals surface area contributed by atoms with Crippen LogP contribution in [0.2, 0.25) is 0 Å². The van der Waals surface area contributed by atoms with E-state index in [0.717, 1.165) is 16.3 Å². The first kappa shape index (κ1) is 19.6. The molecule has 0 bridgehead atoms. The Hall–Kier alpha value is -3.71. The zero-order chi connectivity index (χ0) is 20.9. The molecule has 0 radical (unpaired) electrons. The molecule has 30 heavy (non-hydrogen) atoms. The van der Waals surface area contributed by atoms with Crippen molar-refractivity contribution in [1.29, 1.82) is 0 Å². The van der Waals surface area contributed by atoms with Gasteiger partial charge in [-0.2, -0.15) is 0 Å². The smallest absolute Gasteiger partial charge is 0.413 e. The van der Waals surface area contributed by atoms with Crippen molar-refractivity contribution >= 4 is 44.2 Å². The quantitative estimate of drug-likeness (QED) is 0.431.